The molecule has 0 saturated heterocycles. The number of alkyl halides is 3. The molecular formula is C22H25F3O3. The van der Waals surface area contributed by atoms with Gasteiger partial charge in [-0.15, -0.1) is 0 Å². The van der Waals surface area contributed by atoms with Gasteiger partial charge in [-0.1, -0.05) is 43.7 Å². The van der Waals surface area contributed by atoms with Crippen LogP contribution >= 0.6 is 0 Å². The predicted molar refractivity (Wildman–Crippen MR) is 102 cm³/mol. The number of hydrogen-bond donors (Lipinski definition) is 0. The van der Waals surface area contributed by atoms with E-state index in [1.54, 1.807) is 37.3 Å². The third kappa shape index (κ3) is 5.27. The molecule has 0 aliphatic carbocycles. The molecule has 0 radical (unpaired) electrons. The van der Waals surface area contributed by atoms with E-state index in [9.17, 15) is 18.0 Å². The van der Waals surface area contributed by atoms with Crippen molar-refractivity contribution in [1.82, 2.24) is 0 Å². The zero-order chi connectivity index (χ0) is 20.7. The maximum Gasteiger partial charge on any atom is 0.417 e. The Kier molecular flexibility index (Phi) is 7.49. The van der Waals surface area contributed by atoms with Crippen LogP contribution in [-0.2, 0) is 22.1 Å². The number of carbonyl (C=O) groups is 1. The van der Waals surface area contributed by atoms with Crippen molar-refractivity contribution in [2.45, 2.75) is 39.3 Å². The van der Waals surface area contributed by atoms with Crippen molar-refractivity contribution in [2.75, 3.05) is 13.7 Å². The topological polar surface area (TPSA) is 35.5 Å². The highest BCUT2D eigenvalue weighted by atomic mass is 19.4. The molecule has 6 heteroatoms. The Morgan fingerprint density at radius 1 is 1.11 bits per heavy atom. The van der Waals surface area contributed by atoms with Crippen molar-refractivity contribution < 1.29 is 27.4 Å². The summed E-state index contributed by atoms with van der Waals surface area (Å²) in [4.78, 5) is 12.1. The smallest absolute Gasteiger partial charge is 0.417 e. The Bertz CT molecular complexity index is 786. The molecule has 0 bridgehead atoms. The van der Waals surface area contributed by atoms with E-state index in [0.29, 0.717) is 30.8 Å². The highest BCUT2D eigenvalue weighted by molar-refractivity contribution is 5.75. The largest absolute Gasteiger partial charge is 0.494 e. The molecule has 0 N–H and O–H groups in total. The number of carbonyl (C=O) groups excluding carboxylic acids is 1. The molecule has 2 aromatic carbocycles. The summed E-state index contributed by atoms with van der Waals surface area (Å²) >= 11 is 0. The Balaban J connectivity index is 2.67. The monoisotopic (exact) mass is 394 g/mol. The second-order valence-electron chi connectivity index (χ2n) is 6.51. The van der Waals surface area contributed by atoms with Crippen molar-refractivity contribution in [3.8, 4) is 16.9 Å². The molecule has 0 aliphatic heterocycles. The standard InChI is InChI=1S/C22H25F3O3/c1-4-9-16(21(26)27-3)12-17-13-18(28-5-2)14-19(20(17)22(23,24)25)15-10-7-6-8-11-15/h6-8,10-11,13-14,16H,4-5,9,12H2,1-3H3. The van der Waals surface area contributed by atoms with E-state index in [1.807, 2.05) is 6.92 Å². The number of rotatable bonds is 8. The van der Waals surface area contributed by atoms with Gasteiger partial charge in [-0.05, 0) is 48.6 Å². The zero-order valence-corrected chi connectivity index (χ0v) is 16.3. The van der Waals surface area contributed by atoms with Gasteiger partial charge in [0, 0.05) is 0 Å². The molecule has 152 valence electrons. The fraction of sp³-hybridized carbons (Fsp3) is 0.409. The maximum atomic E-state index is 14.1. The first-order valence-corrected chi connectivity index (χ1v) is 9.31. The van der Waals surface area contributed by atoms with Gasteiger partial charge >= 0.3 is 12.1 Å². The molecule has 2 rings (SSSR count). The van der Waals surface area contributed by atoms with Crippen molar-refractivity contribution in [3.05, 3.63) is 53.6 Å². The lowest BCUT2D eigenvalue weighted by molar-refractivity contribution is -0.146. The molecule has 0 aromatic heterocycles. The summed E-state index contributed by atoms with van der Waals surface area (Å²) in [5.74, 6) is -0.792. The van der Waals surface area contributed by atoms with Crippen LogP contribution in [0.2, 0.25) is 0 Å². The lowest BCUT2D eigenvalue weighted by atomic mass is 9.88. The van der Waals surface area contributed by atoms with E-state index in [1.165, 1.54) is 19.2 Å². The summed E-state index contributed by atoms with van der Waals surface area (Å²) in [6.45, 7) is 3.98. The Morgan fingerprint density at radius 2 is 1.79 bits per heavy atom. The fourth-order valence-corrected chi connectivity index (χ4v) is 3.35. The summed E-state index contributed by atoms with van der Waals surface area (Å²) in [6.07, 6.45) is -3.52. The molecule has 2 aromatic rings. The average molecular weight is 394 g/mol. The minimum atomic E-state index is -4.57. The molecule has 0 spiro atoms. The van der Waals surface area contributed by atoms with Crippen molar-refractivity contribution in [2.24, 2.45) is 5.92 Å². The van der Waals surface area contributed by atoms with Gasteiger partial charge in [0.25, 0.3) is 0 Å². The summed E-state index contributed by atoms with van der Waals surface area (Å²) in [5, 5.41) is 0. The minimum absolute atomic E-state index is 0.0427. The van der Waals surface area contributed by atoms with Gasteiger partial charge in [-0.2, -0.15) is 13.2 Å². The number of esters is 1. The van der Waals surface area contributed by atoms with Gasteiger partial charge in [0.1, 0.15) is 5.75 Å². The van der Waals surface area contributed by atoms with E-state index in [4.69, 9.17) is 9.47 Å². The fourth-order valence-electron chi connectivity index (χ4n) is 3.35. The normalized spacial score (nSPS) is 12.5. The maximum absolute atomic E-state index is 14.1. The van der Waals surface area contributed by atoms with Crippen LogP contribution in [-0.4, -0.2) is 19.7 Å². The number of hydrogen-bond acceptors (Lipinski definition) is 3. The first-order valence-electron chi connectivity index (χ1n) is 9.31. The summed E-state index contributed by atoms with van der Waals surface area (Å²) in [7, 11) is 1.25. The highest BCUT2D eigenvalue weighted by Gasteiger charge is 2.38. The molecule has 28 heavy (non-hydrogen) atoms. The van der Waals surface area contributed by atoms with Gasteiger partial charge in [0.15, 0.2) is 0 Å². The second kappa shape index (κ2) is 9.62. The van der Waals surface area contributed by atoms with Crippen molar-refractivity contribution >= 4 is 5.97 Å². The molecule has 1 atom stereocenters. The van der Waals surface area contributed by atoms with Gasteiger partial charge < -0.3 is 9.47 Å². The third-order valence-electron chi connectivity index (χ3n) is 4.51. The van der Waals surface area contributed by atoms with Gasteiger partial charge in [0.05, 0.1) is 25.2 Å². The van der Waals surface area contributed by atoms with E-state index in [-0.39, 0.29) is 17.5 Å². The molecule has 0 aliphatic rings. The summed E-state index contributed by atoms with van der Waals surface area (Å²) < 4.78 is 52.5. The Hall–Kier alpha value is -2.50. The third-order valence-corrected chi connectivity index (χ3v) is 4.51. The van der Waals surface area contributed by atoms with Crippen LogP contribution in [0.3, 0.4) is 0 Å². The molecule has 1 unspecified atom stereocenters. The number of benzene rings is 2. The van der Waals surface area contributed by atoms with Crippen LogP contribution < -0.4 is 4.74 Å². The lowest BCUT2D eigenvalue weighted by Gasteiger charge is -2.22. The minimum Gasteiger partial charge on any atom is -0.494 e. The SMILES string of the molecule is CCCC(Cc1cc(OCC)cc(-c2ccccc2)c1C(F)(F)F)C(=O)OC. The number of ether oxygens (including phenoxy) is 2. The molecule has 0 heterocycles. The van der Waals surface area contributed by atoms with Gasteiger partial charge in [-0.25, -0.2) is 0 Å². The van der Waals surface area contributed by atoms with Gasteiger partial charge in [-0.3, -0.25) is 4.79 Å². The second-order valence-corrected chi connectivity index (χ2v) is 6.51. The summed E-state index contributed by atoms with van der Waals surface area (Å²) in [5.41, 5.74) is -0.190. The number of methoxy groups -OCH3 is 1. The first kappa shape index (κ1) is 21.8. The van der Waals surface area contributed by atoms with E-state index >= 15 is 0 Å². The van der Waals surface area contributed by atoms with Crippen molar-refractivity contribution in [3.63, 3.8) is 0 Å². The van der Waals surface area contributed by atoms with Crippen LogP contribution in [0.15, 0.2) is 42.5 Å². The van der Waals surface area contributed by atoms with E-state index in [2.05, 4.69) is 0 Å². The summed E-state index contributed by atoms with van der Waals surface area (Å²) in [6, 6.07) is 11.2. The first-order chi connectivity index (χ1) is 13.3. The van der Waals surface area contributed by atoms with Crippen LogP contribution in [0, 0.1) is 5.92 Å². The zero-order valence-electron chi connectivity index (χ0n) is 16.3. The molecule has 0 fully saturated rings. The number of halogens is 3. The molecule has 0 saturated carbocycles. The van der Waals surface area contributed by atoms with E-state index in [0.717, 1.165) is 0 Å². The molecule has 3 nitrogen and oxygen atoms in total. The Morgan fingerprint density at radius 3 is 2.32 bits per heavy atom. The van der Waals surface area contributed by atoms with Crippen LogP contribution in [0.4, 0.5) is 13.2 Å². The van der Waals surface area contributed by atoms with Gasteiger partial charge in [0.2, 0.25) is 0 Å². The van der Waals surface area contributed by atoms with Crippen molar-refractivity contribution in [1.29, 1.82) is 0 Å². The van der Waals surface area contributed by atoms with Crippen LogP contribution in [0.5, 0.6) is 5.75 Å². The van der Waals surface area contributed by atoms with E-state index < -0.39 is 23.6 Å². The average Bonchev–Trinajstić information content (AvgIpc) is 2.66. The quantitative estimate of drug-likeness (QED) is 0.523. The highest BCUT2D eigenvalue weighted by Crippen LogP contribution is 2.42. The van der Waals surface area contributed by atoms with Crippen LogP contribution in [0.25, 0.3) is 11.1 Å². The molecular weight excluding hydrogens is 369 g/mol. The lowest BCUT2D eigenvalue weighted by Crippen LogP contribution is -2.21. The Labute approximate surface area is 163 Å². The molecule has 0 amide bonds. The van der Waals surface area contributed by atoms with Crippen LogP contribution in [0.1, 0.15) is 37.8 Å². The predicted octanol–water partition coefficient (Wildman–Crippen LogP) is 5.90.